The first-order valence-electron chi connectivity index (χ1n) is 7.49. The number of imide groups is 1. The molecule has 0 radical (unpaired) electrons. The van der Waals surface area contributed by atoms with Crippen LogP contribution < -0.4 is 5.32 Å². The molecule has 0 unspecified atom stereocenters. The first-order chi connectivity index (χ1) is 10.7. The van der Waals surface area contributed by atoms with Crippen molar-refractivity contribution in [3.05, 3.63) is 35.9 Å². The highest BCUT2D eigenvalue weighted by atomic mass is 32.2. The van der Waals surface area contributed by atoms with E-state index >= 15 is 0 Å². The van der Waals surface area contributed by atoms with E-state index in [0.717, 1.165) is 37.4 Å². The van der Waals surface area contributed by atoms with E-state index in [9.17, 15) is 14.4 Å². The number of thioether (sulfide) groups is 1. The summed E-state index contributed by atoms with van der Waals surface area (Å²) in [6.07, 6.45) is 3.64. The highest BCUT2D eigenvalue weighted by molar-refractivity contribution is 8.14. The molecule has 1 aliphatic rings. The van der Waals surface area contributed by atoms with Crippen molar-refractivity contribution in [3.63, 3.8) is 0 Å². The van der Waals surface area contributed by atoms with E-state index in [1.807, 2.05) is 18.2 Å². The van der Waals surface area contributed by atoms with Crippen LogP contribution in [0.2, 0.25) is 0 Å². The molecular weight excluding hydrogens is 300 g/mol. The van der Waals surface area contributed by atoms with E-state index in [4.69, 9.17) is 0 Å². The van der Waals surface area contributed by atoms with Crippen LogP contribution in [-0.4, -0.2) is 40.8 Å². The molecule has 0 spiro atoms. The standard InChI is InChI=1S/C16H20N2O3S/c19-14-12-22-16(21)18(14)11-7-2-1-6-10-17-15(20)13-8-4-3-5-9-13/h3-5,8-9H,1-2,6-7,10-12H2,(H,17,20). The summed E-state index contributed by atoms with van der Waals surface area (Å²) in [7, 11) is 0. The monoisotopic (exact) mass is 320 g/mol. The minimum atomic E-state index is -0.125. The molecule has 0 bridgehead atoms. The Balaban J connectivity index is 1.52. The molecular formula is C16H20N2O3S. The summed E-state index contributed by atoms with van der Waals surface area (Å²) in [5.41, 5.74) is 0.672. The van der Waals surface area contributed by atoms with Crippen LogP contribution in [-0.2, 0) is 4.79 Å². The third kappa shape index (κ3) is 4.87. The van der Waals surface area contributed by atoms with Crippen LogP contribution in [0.3, 0.4) is 0 Å². The Kier molecular flexibility index (Phi) is 6.45. The predicted octanol–water partition coefficient (Wildman–Crippen LogP) is 2.67. The van der Waals surface area contributed by atoms with Gasteiger partial charge in [0.2, 0.25) is 5.91 Å². The van der Waals surface area contributed by atoms with Crippen molar-refractivity contribution in [3.8, 4) is 0 Å². The van der Waals surface area contributed by atoms with Gasteiger partial charge in [0.15, 0.2) is 0 Å². The number of amides is 3. The Bertz CT molecular complexity index is 517. The van der Waals surface area contributed by atoms with Crippen LogP contribution in [0, 0.1) is 0 Å². The van der Waals surface area contributed by atoms with Gasteiger partial charge in [0.05, 0.1) is 5.75 Å². The lowest BCUT2D eigenvalue weighted by Crippen LogP contribution is -2.29. The molecule has 118 valence electrons. The minimum absolute atomic E-state index is 0.0501. The summed E-state index contributed by atoms with van der Waals surface area (Å²) in [4.78, 5) is 35.9. The number of nitrogens with zero attached hydrogens (tertiary/aromatic N) is 1. The fraction of sp³-hybridized carbons (Fsp3) is 0.438. The predicted molar refractivity (Wildman–Crippen MR) is 86.8 cm³/mol. The zero-order valence-corrected chi connectivity index (χ0v) is 13.2. The molecule has 1 aromatic rings. The Labute approximate surface area is 134 Å². The van der Waals surface area contributed by atoms with Crippen molar-refractivity contribution >= 4 is 28.8 Å². The lowest BCUT2D eigenvalue weighted by atomic mass is 10.1. The maximum Gasteiger partial charge on any atom is 0.288 e. The lowest BCUT2D eigenvalue weighted by Gasteiger charge is -2.12. The summed E-state index contributed by atoms with van der Waals surface area (Å²) in [6, 6.07) is 9.14. The summed E-state index contributed by atoms with van der Waals surface area (Å²) in [5.74, 6) is 0.153. The summed E-state index contributed by atoms with van der Waals surface area (Å²) < 4.78 is 0. The van der Waals surface area contributed by atoms with Crippen molar-refractivity contribution in [2.45, 2.75) is 25.7 Å². The number of unbranched alkanes of at least 4 members (excludes halogenated alkanes) is 3. The summed E-state index contributed by atoms with van der Waals surface area (Å²) in [5, 5.41) is 2.76. The van der Waals surface area contributed by atoms with Crippen LogP contribution in [0.4, 0.5) is 4.79 Å². The van der Waals surface area contributed by atoms with Crippen LogP contribution in [0.15, 0.2) is 30.3 Å². The average Bonchev–Trinajstić information content (AvgIpc) is 2.86. The molecule has 1 saturated heterocycles. The van der Waals surface area contributed by atoms with Gasteiger partial charge in [-0.15, -0.1) is 0 Å². The number of carbonyl (C=O) groups excluding carboxylic acids is 3. The van der Waals surface area contributed by atoms with Gasteiger partial charge in [-0.2, -0.15) is 0 Å². The Morgan fingerprint density at radius 2 is 1.82 bits per heavy atom. The Hall–Kier alpha value is -1.82. The number of rotatable bonds is 8. The zero-order chi connectivity index (χ0) is 15.8. The van der Waals surface area contributed by atoms with Crippen LogP contribution >= 0.6 is 11.8 Å². The minimum Gasteiger partial charge on any atom is -0.352 e. The second-order valence-corrected chi connectivity index (χ2v) is 6.06. The van der Waals surface area contributed by atoms with Gasteiger partial charge in [-0.05, 0) is 25.0 Å². The SMILES string of the molecule is O=C(NCCCCCCN1C(=O)CSC1=O)c1ccccc1. The number of nitrogens with one attached hydrogen (secondary N) is 1. The molecule has 6 heteroatoms. The molecule has 1 aromatic carbocycles. The normalized spacial score (nSPS) is 14.5. The number of benzene rings is 1. The van der Waals surface area contributed by atoms with Gasteiger partial charge in [-0.3, -0.25) is 19.3 Å². The fourth-order valence-electron chi connectivity index (χ4n) is 2.24. The first kappa shape index (κ1) is 16.5. The third-order valence-corrected chi connectivity index (χ3v) is 4.33. The quantitative estimate of drug-likeness (QED) is 0.748. The van der Waals surface area contributed by atoms with E-state index in [-0.39, 0.29) is 22.8 Å². The molecule has 22 heavy (non-hydrogen) atoms. The zero-order valence-electron chi connectivity index (χ0n) is 12.4. The van der Waals surface area contributed by atoms with Crippen molar-refractivity contribution in [1.29, 1.82) is 0 Å². The van der Waals surface area contributed by atoms with Crippen molar-refractivity contribution in [2.24, 2.45) is 0 Å². The Morgan fingerprint density at radius 1 is 1.09 bits per heavy atom. The maximum atomic E-state index is 11.8. The summed E-state index contributed by atoms with van der Waals surface area (Å²) in [6.45, 7) is 1.16. The molecule has 3 amide bonds. The molecule has 1 aliphatic heterocycles. The highest BCUT2D eigenvalue weighted by Gasteiger charge is 2.28. The van der Waals surface area contributed by atoms with Gasteiger partial charge in [0.25, 0.3) is 11.1 Å². The number of carbonyl (C=O) groups is 3. The van der Waals surface area contributed by atoms with Crippen LogP contribution in [0.5, 0.6) is 0 Å². The second kappa shape index (κ2) is 8.58. The molecule has 1 N–H and O–H groups in total. The molecule has 1 heterocycles. The number of hydrogen-bond donors (Lipinski definition) is 1. The van der Waals surface area contributed by atoms with E-state index in [0.29, 0.717) is 18.7 Å². The van der Waals surface area contributed by atoms with E-state index in [1.54, 1.807) is 12.1 Å². The van der Waals surface area contributed by atoms with Crippen molar-refractivity contribution in [2.75, 3.05) is 18.8 Å². The van der Waals surface area contributed by atoms with Gasteiger partial charge >= 0.3 is 0 Å². The van der Waals surface area contributed by atoms with E-state index in [1.165, 1.54) is 4.90 Å². The smallest absolute Gasteiger partial charge is 0.288 e. The molecule has 1 fully saturated rings. The largest absolute Gasteiger partial charge is 0.352 e. The van der Waals surface area contributed by atoms with Crippen LogP contribution in [0.25, 0.3) is 0 Å². The van der Waals surface area contributed by atoms with Crippen molar-refractivity contribution in [1.82, 2.24) is 10.2 Å². The molecule has 0 saturated carbocycles. The second-order valence-electron chi connectivity index (χ2n) is 5.14. The van der Waals surface area contributed by atoms with Gasteiger partial charge in [0, 0.05) is 18.7 Å². The maximum absolute atomic E-state index is 11.8. The first-order valence-corrected chi connectivity index (χ1v) is 8.47. The van der Waals surface area contributed by atoms with Gasteiger partial charge in [-0.25, -0.2) is 0 Å². The molecule has 0 aliphatic carbocycles. The fourth-order valence-corrected chi connectivity index (χ4v) is 2.99. The Morgan fingerprint density at radius 3 is 2.50 bits per heavy atom. The van der Waals surface area contributed by atoms with Gasteiger partial charge < -0.3 is 5.32 Å². The third-order valence-electron chi connectivity index (χ3n) is 3.47. The summed E-state index contributed by atoms with van der Waals surface area (Å²) >= 11 is 1.08. The van der Waals surface area contributed by atoms with Crippen molar-refractivity contribution < 1.29 is 14.4 Å². The van der Waals surface area contributed by atoms with E-state index in [2.05, 4.69) is 5.32 Å². The lowest BCUT2D eigenvalue weighted by molar-refractivity contribution is -0.124. The molecule has 0 aromatic heterocycles. The van der Waals surface area contributed by atoms with E-state index < -0.39 is 0 Å². The molecule has 0 atom stereocenters. The highest BCUT2D eigenvalue weighted by Crippen LogP contribution is 2.19. The average molecular weight is 320 g/mol. The van der Waals surface area contributed by atoms with Gasteiger partial charge in [0.1, 0.15) is 0 Å². The van der Waals surface area contributed by atoms with Gasteiger partial charge in [-0.1, -0.05) is 42.8 Å². The topological polar surface area (TPSA) is 66.5 Å². The molecule has 2 rings (SSSR count). The molecule has 5 nitrogen and oxygen atoms in total. The number of hydrogen-bond acceptors (Lipinski definition) is 4. The van der Waals surface area contributed by atoms with Crippen LogP contribution in [0.1, 0.15) is 36.0 Å².